The summed E-state index contributed by atoms with van der Waals surface area (Å²) in [5, 5.41) is 4.63. The number of nitrogens with zero attached hydrogens (tertiary/aromatic N) is 3. The minimum absolute atomic E-state index is 0.239. The molecule has 1 unspecified atom stereocenters. The van der Waals surface area contributed by atoms with Gasteiger partial charge < -0.3 is 10.6 Å². The summed E-state index contributed by atoms with van der Waals surface area (Å²) < 4.78 is 2.08. The van der Waals surface area contributed by atoms with Crippen molar-refractivity contribution < 1.29 is 4.79 Å². The number of carbonyl (C=O) groups is 1. The van der Waals surface area contributed by atoms with Crippen molar-refractivity contribution in [3.05, 3.63) is 17.0 Å². The van der Waals surface area contributed by atoms with Crippen molar-refractivity contribution in [1.82, 2.24) is 14.7 Å². The van der Waals surface area contributed by atoms with Gasteiger partial charge in [0.25, 0.3) is 0 Å². The predicted octanol–water partition coefficient (Wildman–Crippen LogP) is 2.04. The molecule has 0 bridgehead atoms. The summed E-state index contributed by atoms with van der Waals surface area (Å²) in [6.45, 7) is 10.9. The van der Waals surface area contributed by atoms with E-state index in [-0.39, 0.29) is 11.9 Å². The minimum Gasteiger partial charge on any atom is -0.338 e. The summed E-state index contributed by atoms with van der Waals surface area (Å²) in [5.74, 6) is 0.811. The first kappa shape index (κ1) is 17.0. The number of rotatable bonds is 6. The standard InChI is InChI=1S/C17H30N4O/c1-12(2)11-21-14(4)16(13(3)19-21)7-8-17(22)20-9-5-6-15(20)10-18/h12,15H,5-11,18H2,1-4H3. The molecule has 0 saturated carbocycles. The minimum atomic E-state index is 0.239. The Kier molecular flexibility index (Phi) is 5.62. The van der Waals surface area contributed by atoms with Gasteiger partial charge >= 0.3 is 0 Å². The predicted molar refractivity (Wildman–Crippen MR) is 88.6 cm³/mol. The quantitative estimate of drug-likeness (QED) is 0.874. The van der Waals surface area contributed by atoms with Crippen LogP contribution in [0.15, 0.2) is 0 Å². The van der Waals surface area contributed by atoms with Crippen molar-refractivity contribution in [3.63, 3.8) is 0 Å². The maximum atomic E-state index is 12.4. The number of hydrogen-bond donors (Lipinski definition) is 1. The Balaban J connectivity index is 1.99. The van der Waals surface area contributed by atoms with E-state index in [2.05, 4.69) is 30.6 Å². The van der Waals surface area contributed by atoms with Crippen molar-refractivity contribution in [2.75, 3.05) is 13.1 Å². The van der Waals surface area contributed by atoms with Gasteiger partial charge in [-0.05, 0) is 44.6 Å². The average Bonchev–Trinajstić information content (AvgIpc) is 3.02. The molecule has 2 heterocycles. The van der Waals surface area contributed by atoms with Crippen molar-refractivity contribution in [2.24, 2.45) is 11.7 Å². The summed E-state index contributed by atoms with van der Waals surface area (Å²) in [6, 6.07) is 0.248. The Hall–Kier alpha value is -1.36. The molecule has 5 heteroatoms. The summed E-state index contributed by atoms with van der Waals surface area (Å²) in [5.41, 5.74) is 9.26. The molecule has 1 aromatic rings. The number of amides is 1. The van der Waals surface area contributed by atoms with Gasteiger partial charge in [0.05, 0.1) is 5.69 Å². The number of carbonyl (C=O) groups excluding carboxylic acids is 1. The highest BCUT2D eigenvalue weighted by atomic mass is 16.2. The number of aryl methyl sites for hydroxylation is 1. The van der Waals surface area contributed by atoms with E-state index in [1.54, 1.807) is 0 Å². The summed E-state index contributed by atoms with van der Waals surface area (Å²) >= 11 is 0. The van der Waals surface area contributed by atoms with Crippen LogP contribution in [-0.4, -0.2) is 39.7 Å². The summed E-state index contributed by atoms with van der Waals surface area (Å²) in [4.78, 5) is 14.4. The van der Waals surface area contributed by atoms with Gasteiger partial charge in [0, 0.05) is 37.8 Å². The second-order valence-corrected chi connectivity index (χ2v) is 6.84. The highest BCUT2D eigenvalue weighted by Gasteiger charge is 2.27. The zero-order chi connectivity index (χ0) is 16.3. The van der Waals surface area contributed by atoms with Gasteiger partial charge in [0.1, 0.15) is 0 Å². The Bertz CT molecular complexity index is 521. The lowest BCUT2D eigenvalue weighted by atomic mass is 10.1. The molecule has 0 radical (unpaired) electrons. The Morgan fingerprint density at radius 3 is 2.77 bits per heavy atom. The monoisotopic (exact) mass is 306 g/mol. The first-order chi connectivity index (χ1) is 10.4. The largest absolute Gasteiger partial charge is 0.338 e. The molecule has 1 amide bonds. The molecule has 0 aliphatic carbocycles. The molecule has 1 aliphatic rings. The van der Waals surface area contributed by atoms with Crippen LogP contribution in [0.3, 0.4) is 0 Å². The Morgan fingerprint density at radius 2 is 2.14 bits per heavy atom. The molecule has 0 aromatic carbocycles. The van der Waals surface area contributed by atoms with E-state index in [9.17, 15) is 4.79 Å². The van der Waals surface area contributed by atoms with Crippen LogP contribution in [0.1, 0.15) is 50.1 Å². The zero-order valence-corrected chi connectivity index (χ0v) is 14.4. The summed E-state index contributed by atoms with van der Waals surface area (Å²) in [6.07, 6.45) is 3.47. The maximum absolute atomic E-state index is 12.4. The molecule has 5 nitrogen and oxygen atoms in total. The average molecular weight is 306 g/mol. The molecule has 124 valence electrons. The van der Waals surface area contributed by atoms with E-state index in [4.69, 9.17) is 5.73 Å². The van der Waals surface area contributed by atoms with E-state index in [0.29, 0.717) is 18.9 Å². The Morgan fingerprint density at radius 1 is 1.41 bits per heavy atom. The maximum Gasteiger partial charge on any atom is 0.223 e. The lowest BCUT2D eigenvalue weighted by Crippen LogP contribution is -2.40. The third-order valence-electron chi connectivity index (χ3n) is 4.63. The normalized spacial score (nSPS) is 18.5. The highest BCUT2D eigenvalue weighted by molar-refractivity contribution is 5.77. The molecule has 1 fully saturated rings. The number of aromatic nitrogens is 2. The lowest BCUT2D eigenvalue weighted by molar-refractivity contribution is -0.131. The second kappa shape index (κ2) is 7.27. The smallest absolute Gasteiger partial charge is 0.223 e. The van der Waals surface area contributed by atoms with Gasteiger partial charge in [-0.2, -0.15) is 5.10 Å². The van der Waals surface area contributed by atoms with E-state index in [0.717, 1.165) is 38.0 Å². The molecule has 1 aromatic heterocycles. The molecule has 22 heavy (non-hydrogen) atoms. The first-order valence-electron chi connectivity index (χ1n) is 8.46. The molecule has 2 N–H and O–H groups in total. The van der Waals surface area contributed by atoms with Crippen LogP contribution in [0.4, 0.5) is 0 Å². The van der Waals surface area contributed by atoms with E-state index < -0.39 is 0 Å². The molecule has 2 rings (SSSR count). The van der Waals surface area contributed by atoms with Crippen LogP contribution in [0, 0.1) is 19.8 Å². The SMILES string of the molecule is Cc1nn(CC(C)C)c(C)c1CCC(=O)N1CCCC1CN. The second-order valence-electron chi connectivity index (χ2n) is 6.84. The van der Waals surface area contributed by atoms with Crippen LogP contribution in [0.5, 0.6) is 0 Å². The van der Waals surface area contributed by atoms with E-state index in [1.807, 2.05) is 11.8 Å². The fourth-order valence-electron chi connectivity index (χ4n) is 3.40. The van der Waals surface area contributed by atoms with Gasteiger partial charge in [0.15, 0.2) is 0 Å². The first-order valence-corrected chi connectivity index (χ1v) is 8.46. The highest BCUT2D eigenvalue weighted by Crippen LogP contribution is 2.20. The van der Waals surface area contributed by atoms with E-state index >= 15 is 0 Å². The fraction of sp³-hybridized carbons (Fsp3) is 0.765. The number of nitrogens with two attached hydrogens (primary N) is 1. The van der Waals surface area contributed by atoms with Crippen LogP contribution < -0.4 is 5.73 Å². The van der Waals surface area contributed by atoms with Crippen LogP contribution in [0.25, 0.3) is 0 Å². The van der Waals surface area contributed by atoms with Gasteiger partial charge in [-0.25, -0.2) is 0 Å². The third kappa shape index (κ3) is 3.69. The molecular weight excluding hydrogens is 276 g/mol. The van der Waals surface area contributed by atoms with Crippen LogP contribution >= 0.6 is 0 Å². The number of hydrogen-bond acceptors (Lipinski definition) is 3. The number of likely N-dealkylation sites (tertiary alicyclic amines) is 1. The topological polar surface area (TPSA) is 64.2 Å². The van der Waals surface area contributed by atoms with Crippen molar-refractivity contribution >= 4 is 5.91 Å². The molecule has 1 aliphatic heterocycles. The van der Waals surface area contributed by atoms with Crippen LogP contribution in [0.2, 0.25) is 0 Å². The van der Waals surface area contributed by atoms with E-state index in [1.165, 1.54) is 11.3 Å². The third-order valence-corrected chi connectivity index (χ3v) is 4.63. The summed E-state index contributed by atoms with van der Waals surface area (Å²) in [7, 11) is 0. The lowest BCUT2D eigenvalue weighted by Gasteiger charge is -2.23. The molecule has 1 atom stereocenters. The van der Waals surface area contributed by atoms with Crippen molar-refractivity contribution in [3.8, 4) is 0 Å². The van der Waals surface area contributed by atoms with Gasteiger partial charge in [-0.15, -0.1) is 0 Å². The molecule has 1 saturated heterocycles. The van der Waals surface area contributed by atoms with Gasteiger partial charge in [0.2, 0.25) is 5.91 Å². The van der Waals surface area contributed by atoms with Crippen molar-refractivity contribution in [2.45, 2.75) is 66.0 Å². The van der Waals surface area contributed by atoms with Gasteiger partial charge in [-0.1, -0.05) is 13.8 Å². The molecular formula is C17H30N4O. The van der Waals surface area contributed by atoms with Crippen LogP contribution in [-0.2, 0) is 17.8 Å². The fourth-order valence-corrected chi connectivity index (χ4v) is 3.40. The molecule has 0 spiro atoms. The zero-order valence-electron chi connectivity index (χ0n) is 14.4. The van der Waals surface area contributed by atoms with Gasteiger partial charge in [-0.3, -0.25) is 9.48 Å². The Labute approximate surface area is 133 Å². The van der Waals surface area contributed by atoms with Crippen molar-refractivity contribution in [1.29, 1.82) is 0 Å².